The zero-order valence-corrected chi connectivity index (χ0v) is 13.7. The Morgan fingerprint density at radius 1 is 1.25 bits per heavy atom. The number of ketones is 1. The van der Waals surface area contributed by atoms with Crippen LogP contribution in [0, 0.1) is 0 Å². The van der Waals surface area contributed by atoms with Crippen molar-refractivity contribution in [1.29, 1.82) is 0 Å². The smallest absolute Gasteiger partial charge is 0.307 e. The minimum atomic E-state index is -0.303. The number of halogens is 1. The van der Waals surface area contributed by atoms with Crippen molar-refractivity contribution in [3.8, 4) is 0 Å². The van der Waals surface area contributed by atoms with Crippen molar-refractivity contribution < 1.29 is 14.3 Å². The summed E-state index contributed by atoms with van der Waals surface area (Å²) in [7, 11) is 1.35. The van der Waals surface area contributed by atoms with Gasteiger partial charge in [-0.25, -0.2) is 9.97 Å². The van der Waals surface area contributed by atoms with Crippen LogP contribution in [0.1, 0.15) is 22.5 Å². The van der Waals surface area contributed by atoms with E-state index in [9.17, 15) is 9.59 Å². The number of hydrogen-bond donors (Lipinski definition) is 0. The zero-order chi connectivity index (χ0) is 17.1. The second-order valence-corrected chi connectivity index (χ2v) is 5.52. The predicted molar refractivity (Wildman–Crippen MR) is 89.0 cm³/mol. The van der Waals surface area contributed by atoms with Crippen molar-refractivity contribution in [1.82, 2.24) is 14.5 Å². The molecule has 7 heteroatoms. The van der Waals surface area contributed by atoms with Crippen LogP contribution in [0.4, 0.5) is 0 Å². The van der Waals surface area contributed by atoms with Gasteiger partial charge in [0.2, 0.25) is 5.78 Å². The molecule has 0 saturated heterocycles. The van der Waals surface area contributed by atoms with Crippen LogP contribution in [-0.4, -0.2) is 33.4 Å². The number of benzene rings is 1. The molecule has 0 aliphatic heterocycles. The molecule has 0 fully saturated rings. The summed E-state index contributed by atoms with van der Waals surface area (Å²) in [6.45, 7) is 0.422. The number of hydrogen-bond acceptors (Lipinski definition) is 5. The molecule has 2 heterocycles. The number of nitrogens with zero attached hydrogens (tertiary/aromatic N) is 3. The van der Waals surface area contributed by atoms with Gasteiger partial charge in [-0.3, -0.25) is 9.59 Å². The first-order valence-corrected chi connectivity index (χ1v) is 7.65. The highest BCUT2D eigenvalue weighted by atomic mass is 35.5. The number of ether oxygens (including phenoxy) is 1. The Hall–Kier alpha value is -2.73. The van der Waals surface area contributed by atoms with Crippen molar-refractivity contribution in [3.05, 3.63) is 59.3 Å². The second-order valence-electron chi connectivity index (χ2n) is 5.13. The van der Waals surface area contributed by atoms with Crippen molar-refractivity contribution in [2.45, 2.75) is 13.0 Å². The van der Waals surface area contributed by atoms with Gasteiger partial charge in [-0.15, -0.1) is 0 Å². The molecule has 0 unspecified atom stereocenters. The highest BCUT2D eigenvalue weighted by Crippen LogP contribution is 2.24. The monoisotopic (exact) mass is 343 g/mol. The zero-order valence-electron chi connectivity index (χ0n) is 12.9. The van der Waals surface area contributed by atoms with Crippen LogP contribution < -0.4 is 0 Å². The van der Waals surface area contributed by atoms with Crippen LogP contribution in [0.15, 0.2) is 42.9 Å². The molecule has 6 nitrogen and oxygen atoms in total. The van der Waals surface area contributed by atoms with E-state index in [0.717, 1.165) is 10.9 Å². The molecule has 0 spiro atoms. The Kier molecular flexibility index (Phi) is 4.57. The lowest BCUT2D eigenvalue weighted by Gasteiger charge is -2.03. The molecule has 0 saturated carbocycles. The number of methoxy groups -OCH3 is 1. The van der Waals surface area contributed by atoms with Crippen LogP contribution in [0.2, 0.25) is 5.15 Å². The van der Waals surface area contributed by atoms with E-state index in [1.54, 1.807) is 6.20 Å². The van der Waals surface area contributed by atoms with Crippen LogP contribution in [0.5, 0.6) is 0 Å². The largest absolute Gasteiger partial charge is 0.469 e. The maximum Gasteiger partial charge on any atom is 0.307 e. The van der Waals surface area contributed by atoms with Crippen molar-refractivity contribution in [2.24, 2.45) is 0 Å². The fourth-order valence-electron chi connectivity index (χ4n) is 2.52. The SMILES string of the molecule is COC(=O)CCn1cc(C(=O)c2cc(Cl)ncn2)c2ccccc21. The topological polar surface area (TPSA) is 74.1 Å². The van der Waals surface area contributed by atoms with Gasteiger partial charge in [-0.1, -0.05) is 29.8 Å². The van der Waals surface area contributed by atoms with Crippen LogP contribution in [0.3, 0.4) is 0 Å². The number of carbonyl (C=O) groups is 2. The molecule has 24 heavy (non-hydrogen) atoms. The molecule has 0 radical (unpaired) electrons. The third kappa shape index (κ3) is 3.14. The number of aromatic nitrogens is 3. The van der Waals surface area contributed by atoms with Gasteiger partial charge in [-0.2, -0.15) is 0 Å². The van der Waals surface area contributed by atoms with Crippen molar-refractivity contribution in [2.75, 3.05) is 7.11 Å². The normalized spacial score (nSPS) is 10.8. The molecule has 0 bridgehead atoms. The summed E-state index contributed by atoms with van der Waals surface area (Å²) in [5, 5.41) is 1.00. The first-order valence-electron chi connectivity index (χ1n) is 7.27. The van der Waals surface area contributed by atoms with Gasteiger partial charge >= 0.3 is 5.97 Å². The Labute approximate surface area is 143 Å². The summed E-state index contributed by atoms with van der Waals surface area (Å²) in [5.74, 6) is -0.546. The van der Waals surface area contributed by atoms with E-state index < -0.39 is 0 Å². The van der Waals surface area contributed by atoms with Crippen molar-refractivity contribution >= 4 is 34.3 Å². The summed E-state index contributed by atoms with van der Waals surface area (Å²) in [4.78, 5) is 31.9. The molecule has 122 valence electrons. The summed E-state index contributed by atoms with van der Waals surface area (Å²) in [6.07, 6.45) is 3.21. The highest BCUT2D eigenvalue weighted by molar-refractivity contribution is 6.30. The third-order valence-corrected chi connectivity index (χ3v) is 3.89. The van der Waals surface area contributed by atoms with E-state index in [1.165, 1.54) is 19.5 Å². The average molecular weight is 344 g/mol. The molecule has 1 aromatic carbocycles. The molecule has 0 atom stereocenters. The fraction of sp³-hybridized carbons (Fsp3) is 0.176. The number of rotatable bonds is 5. The molecular formula is C17H14ClN3O3. The molecule has 3 rings (SSSR count). The number of esters is 1. The number of fused-ring (bicyclic) bond motifs is 1. The van der Waals surface area contributed by atoms with Gasteiger partial charge in [-0.05, 0) is 6.07 Å². The minimum absolute atomic E-state index is 0.211. The van der Waals surface area contributed by atoms with Crippen molar-refractivity contribution in [3.63, 3.8) is 0 Å². The van der Waals surface area contributed by atoms with Crippen LogP contribution in [-0.2, 0) is 16.1 Å². The third-order valence-electron chi connectivity index (χ3n) is 3.68. The first-order chi connectivity index (χ1) is 11.6. The van der Waals surface area contributed by atoms with E-state index in [0.29, 0.717) is 12.1 Å². The van der Waals surface area contributed by atoms with E-state index >= 15 is 0 Å². The Bertz CT molecular complexity index is 920. The molecule has 0 N–H and O–H groups in total. The summed E-state index contributed by atoms with van der Waals surface area (Å²) in [5.41, 5.74) is 1.60. The Morgan fingerprint density at radius 2 is 2.04 bits per heavy atom. The van der Waals surface area contributed by atoms with Crippen LogP contribution in [0.25, 0.3) is 10.9 Å². The van der Waals surface area contributed by atoms with Gasteiger partial charge in [0, 0.05) is 35.3 Å². The lowest BCUT2D eigenvalue weighted by molar-refractivity contribution is -0.140. The number of carbonyl (C=O) groups excluding carboxylic acids is 2. The Balaban J connectivity index is 2.02. The number of para-hydroxylation sites is 1. The van der Waals surface area contributed by atoms with Gasteiger partial charge in [0.25, 0.3) is 0 Å². The maximum atomic E-state index is 12.8. The van der Waals surface area contributed by atoms with Crippen LogP contribution >= 0.6 is 11.6 Å². The van der Waals surface area contributed by atoms with Gasteiger partial charge in [0.05, 0.1) is 13.5 Å². The quantitative estimate of drug-likeness (QED) is 0.404. The summed E-state index contributed by atoms with van der Waals surface area (Å²) < 4.78 is 6.53. The Morgan fingerprint density at radius 3 is 2.79 bits per heavy atom. The van der Waals surface area contributed by atoms with Gasteiger partial charge in [0.1, 0.15) is 17.2 Å². The maximum absolute atomic E-state index is 12.8. The molecule has 3 aromatic rings. The lowest BCUT2D eigenvalue weighted by Crippen LogP contribution is -2.07. The summed E-state index contributed by atoms with van der Waals surface area (Å²) in [6, 6.07) is 8.93. The first kappa shape index (κ1) is 16.1. The molecular weight excluding hydrogens is 330 g/mol. The molecule has 0 aliphatic rings. The predicted octanol–water partition coefficient (Wildman–Crippen LogP) is 2.88. The fourth-order valence-corrected chi connectivity index (χ4v) is 2.67. The standard InChI is InChI=1S/C17H14ClN3O3/c1-24-16(22)6-7-21-9-12(11-4-2-3-5-14(11)21)17(23)13-8-15(18)20-10-19-13/h2-5,8-10H,6-7H2,1H3. The van der Waals surface area contributed by atoms with Gasteiger partial charge < -0.3 is 9.30 Å². The number of aryl methyl sites for hydroxylation is 1. The molecule has 0 amide bonds. The van der Waals surface area contributed by atoms with E-state index in [-0.39, 0.29) is 29.0 Å². The molecule has 0 aliphatic carbocycles. The van der Waals surface area contributed by atoms with E-state index in [4.69, 9.17) is 11.6 Å². The highest BCUT2D eigenvalue weighted by Gasteiger charge is 2.18. The molecule has 2 aromatic heterocycles. The minimum Gasteiger partial charge on any atom is -0.469 e. The van der Waals surface area contributed by atoms with Gasteiger partial charge in [0.15, 0.2) is 0 Å². The van der Waals surface area contributed by atoms with E-state index in [1.807, 2.05) is 28.8 Å². The van der Waals surface area contributed by atoms with E-state index in [2.05, 4.69) is 14.7 Å². The second kappa shape index (κ2) is 6.80. The lowest BCUT2D eigenvalue weighted by atomic mass is 10.1. The summed E-state index contributed by atoms with van der Waals surface area (Å²) >= 11 is 5.84. The average Bonchev–Trinajstić information content (AvgIpc) is 2.98.